The number of rotatable bonds is 4. The molecule has 2 aromatic heterocycles. The molecule has 1 saturated heterocycles. The van der Waals surface area contributed by atoms with Gasteiger partial charge in [-0.3, -0.25) is 19.5 Å². The van der Waals surface area contributed by atoms with Crippen molar-refractivity contribution in [2.45, 2.75) is 19.9 Å². The molecule has 0 spiro atoms. The van der Waals surface area contributed by atoms with Gasteiger partial charge in [-0.05, 0) is 13.3 Å². The summed E-state index contributed by atoms with van der Waals surface area (Å²) in [5, 5.41) is 4.24. The minimum Gasteiger partial charge on any atom is -0.380 e. The summed E-state index contributed by atoms with van der Waals surface area (Å²) in [5.74, 6) is 0.455. The molecule has 0 aliphatic carbocycles. The smallest absolute Gasteiger partial charge is 0.0593 e. The van der Waals surface area contributed by atoms with Crippen molar-refractivity contribution in [3.05, 3.63) is 41.7 Å². The van der Waals surface area contributed by atoms with Crippen LogP contribution in [0.2, 0.25) is 0 Å². The van der Waals surface area contributed by atoms with Gasteiger partial charge in [0.1, 0.15) is 0 Å². The van der Waals surface area contributed by atoms with E-state index in [1.54, 1.807) is 0 Å². The summed E-state index contributed by atoms with van der Waals surface area (Å²) in [6.07, 6.45) is 8.64. The van der Waals surface area contributed by atoms with Crippen LogP contribution in [0.1, 0.15) is 17.0 Å². The maximum atomic E-state index is 5.77. The third kappa shape index (κ3) is 4.11. The van der Waals surface area contributed by atoms with Gasteiger partial charge in [0.15, 0.2) is 0 Å². The molecule has 1 atom stereocenters. The molecule has 0 aromatic carbocycles. The molecule has 2 aromatic rings. The summed E-state index contributed by atoms with van der Waals surface area (Å²) in [5.41, 5.74) is 3.25. The minimum absolute atomic E-state index is 0.455. The first-order chi connectivity index (χ1) is 10.7. The number of ether oxygens (including phenoxy) is 1. The molecule has 0 N–H and O–H groups in total. The van der Waals surface area contributed by atoms with Crippen molar-refractivity contribution in [2.24, 2.45) is 13.0 Å². The Morgan fingerprint density at radius 2 is 2.18 bits per heavy atom. The standard InChI is InChI=1S/C16H23N5O/c1-13-6-18-16(8-17-13)5-14-10-21(3-4-22-12-14)11-15-7-19-20(2)9-15/h6-9,14H,3-5,10-12H2,1-2H3. The third-order valence-electron chi connectivity index (χ3n) is 3.92. The molecule has 0 bridgehead atoms. The van der Waals surface area contributed by atoms with Crippen LogP contribution >= 0.6 is 0 Å². The molecular formula is C16H23N5O. The van der Waals surface area contributed by atoms with Crippen molar-refractivity contribution in [3.63, 3.8) is 0 Å². The van der Waals surface area contributed by atoms with E-state index in [4.69, 9.17) is 4.74 Å². The first-order valence-electron chi connectivity index (χ1n) is 7.74. The van der Waals surface area contributed by atoms with Crippen molar-refractivity contribution < 1.29 is 4.74 Å². The molecule has 1 fully saturated rings. The normalized spacial score (nSPS) is 20.0. The molecule has 1 aliphatic rings. The van der Waals surface area contributed by atoms with Crippen molar-refractivity contribution in [1.82, 2.24) is 24.6 Å². The van der Waals surface area contributed by atoms with Crippen LogP contribution in [-0.4, -0.2) is 51.0 Å². The summed E-state index contributed by atoms with van der Waals surface area (Å²) in [6, 6.07) is 0. The lowest BCUT2D eigenvalue weighted by Gasteiger charge is -2.22. The Labute approximate surface area is 131 Å². The Morgan fingerprint density at radius 3 is 2.91 bits per heavy atom. The van der Waals surface area contributed by atoms with Crippen LogP contribution in [0.15, 0.2) is 24.8 Å². The molecule has 0 radical (unpaired) electrons. The quantitative estimate of drug-likeness (QED) is 0.849. The summed E-state index contributed by atoms with van der Waals surface area (Å²) in [7, 11) is 1.95. The van der Waals surface area contributed by atoms with Crippen LogP contribution in [0.3, 0.4) is 0 Å². The van der Waals surface area contributed by atoms with E-state index >= 15 is 0 Å². The second kappa shape index (κ2) is 6.98. The molecular weight excluding hydrogens is 278 g/mol. The van der Waals surface area contributed by atoms with Crippen molar-refractivity contribution in [2.75, 3.05) is 26.3 Å². The highest BCUT2D eigenvalue weighted by Crippen LogP contribution is 2.14. The number of hydrogen-bond donors (Lipinski definition) is 0. The molecule has 3 heterocycles. The van der Waals surface area contributed by atoms with Gasteiger partial charge in [0.05, 0.1) is 30.8 Å². The van der Waals surface area contributed by atoms with E-state index in [2.05, 4.69) is 26.2 Å². The van der Waals surface area contributed by atoms with Crippen molar-refractivity contribution >= 4 is 0 Å². The van der Waals surface area contributed by atoms with Crippen LogP contribution in [0.4, 0.5) is 0 Å². The van der Waals surface area contributed by atoms with Gasteiger partial charge < -0.3 is 4.74 Å². The van der Waals surface area contributed by atoms with Gasteiger partial charge in [-0.15, -0.1) is 0 Å². The molecule has 0 amide bonds. The number of aromatic nitrogens is 4. The lowest BCUT2D eigenvalue weighted by molar-refractivity contribution is 0.121. The van der Waals surface area contributed by atoms with Gasteiger partial charge in [0.25, 0.3) is 0 Å². The van der Waals surface area contributed by atoms with Gasteiger partial charge in [-0.1, -0.05) is 0 Å². The summed E-state index contributed by atoms with van der Waals surface area (Å²) in [6.45, 7) is 6.44. The van der Waals surface area contributed by atoms with Gasteiger partial charge in [-0.2, -0.15) is 5.10 Å². The Kier molecular flexibility index (Phi) is 4.80. The second-order valence-corrected chi connectivity index (χ2v) is 6.05. The molecule has 6 heteroatoms. The fraction of sp³-hybridized carbons (Fsp3) is 0.562. The first-order valence-corrected chi connectivity index (χ1v) is 7.74. The van der Waals surface area contributed by atoms with Crippen molar-refractivity contribution in [1.29, 1.82) is 0 Å². The van der Waals surface area contributed by atoms with E-state index in [0.29, 0.717) is 5.92 Å². The highest BCUT2D eigenvalue weighted by Gasteiger charge is 2.20. The van der Waals surface area contributed by atoms with Gasteiger partial charge >= 0.3 is 0 Å². The Balaban J connectivity index is 1.60. The fourth-order valence-electron chi connectivity index (χ4n) is 2.85. The third-order valence-corrected chi connectivity index (χ3v) is 3.92. The number of hydrogen-bond acceptors (Lipinski definition) is 5. The predicted molar refractivity (Wildman–Crippen MR) is 83.3 cm³/mol. The maximum absolute atomic E-state index is 5.77. The lowest BCUT2D eigenvalue weighted by Crippen LogP contribution is -2.30. The van der Waals surface area contributed by atoms with Gasteiger partial charge in [0.2, 0.25) is 0 Å². The van der Waals surface area contributed by atoms with E-state index in [-0.39, 0.29) is 0 Å². The van der Waals surface area contributed by atoms with Crippen LogP contribution in [0, 0.1) is 12.8 Å². The Bertz CT molecular complexity index is 595. The summed E-state index contributed by atoms with van der Waals surface area (Å²) >= 11 is 0. The minimum atomic E-state index is 0.455. The molecule has 118 valence electrons. The highest BCUT2D eigenvalue weighted by atomic mass is 16.5. The van der Waals surface area contributed by atoms with Crippen LogP contribution < -0.4 is 0 Å². The molecule has 1 unspecified atom stereocenters. The van der Waals surface area contributed by atoms with Crippen molar-refractivity contribution in [3.8, 4) is 0 Å². The zero-order chi connectivity index (χ0) is 15.4. The molecule has 1 aliphatic heterocycles. The van der Waals surface area contributed by atoms with E-state index in [0.717, 1.165) is 50.7 Å². The van der Waals surface area contributed by atoms with E-state index < -0.39 is 0 Å². The lowest BCUT2D eigenvalue weighted by atomic mass is 10.0. The van der Waals surface area contributed by atoms with E-state index in [9.17, 15) is 0 Å². The number of aryl methyl sites for hydroxylation is 2. The molecule has 0 saturated carbocycles. The van der Waals surface area contributed by atoms with Crippen LogP contribution in [-0.2, 0) is 24.8 Å². The summed E-state index contributed by atoms with van der Waals surface area (Å²) in [4.78, 5) is 11.2. The Morgan fingerprint density at radius 1 is 1.27 bits per heavy atom. The molecule has 6 nitrogen and oxygen atoms in total. The second-order valence-electron chi connectivity index (χ2n) is 6.05. The first kappa shape index (κ1) is 15.1. The fourth-order valence-corrected chi connectivity index (χ4v) is 2.85. The average Bonchev–Trinajstić information content (AvgIpc) is 2.78. The zero-order valence-electron chi connectivity index (χ0n) is 13.3. The zero-order valence-corrected chi connectivity index (χ0v) is 13.3. The SMILES string of the molecule is Cc1cnc(CC2COCCN(Cc3cnn(C)c3)C2)cn1. The topological polar surface area (TPSA) is 56.1 Å². The largest absolute Gasteiger partial charge is 0.380 e. The van der Waals surface area contributed by atoms with Crippen LogP contribution in [0.25, 0.3) is 0 Å². The number of nitrogens with zero attached hydrogens (tertiary/aromatic N) is 5. The molecule has 22 heavy (non-hydrogen) atoms. The molecule has 3 rings (SSSR count). The van der Waals surface area contributed by atoms with Gasteiger partial charge in [-0.25, -0.2) is 0 Å². The Hall–Kier alpha value is -1.79. The van der Waals surface area contributed by atoms with E-state index in [1.807, 2.05) is 37.2 Å². The van der Waals surface area contributed by atoms with Crippen LogP contribution in [0.5, 0.6) is 0 Å². The maximum Gasteiger partial charge on any atom is 0.0593 e. The monoisotopic (exact) mass is 301 g/mol. The predicted octanol–water partition coefficient (Wildman–Crippen LogP) is 1.21. The van der Waals surface area contributed by atoms with E-state index in [1.165, 1.54) is 5.56 Å². The average molecular weight is 301 g/mol. The summed E-state index contributed by atoms with van der Waals surface area (Å²) < 4.78 is 7.62. The van der Waals surface area contributed by atoms with Gasteiger partial charge in [0, 0.05) is 56.8 Å². The highest BCUT2D eigenvalue weighted by molar-refractivity contribution is 5.04.